The number of benzene rings is 3. The number of anilines is 1. The largest absolute Gasteiger partial charge is 0.333 e. The van der Waals surface area contributed by atoms with Gasteiger partial charge in [0.15, 0.2) is 5.13 Å². The third kappa shape index (κ3) is 4.97. The van der Waals surface area contributed by atoms with E-state index in [2.05, 4.69) is 4.98 Å². The minimum absolute atomic E-state index is 0.110. The second-order valence-electron chi connectivity index (χ2n) is 7.37. The van der Waals surface area contributed by atoms with E-state index >= 15 is 0 Å². The number of carbonyl (C=O) groups excluding carboxylic acids is 1. The molecule has 8 heteroatoms. The molecule has 1 aromatic heterocycles. The van der Waals surface area contributed by atoms with Crippen molar-refractivity contribution in [3.05, 3.63) is 114 Å². The summed E-state index contributed by atoms with van der Waals surface area (Å²) in [6.45, 7) is -0.364. The number of sulfonamides is 1. The molecule has 0 fully saturated rings. The maximum absolute atomic E-state index is 13.5. The van der Waals surface area contributed by atoms with Crippen molar-refractivity contribution >= 4 is 32.4 Å². The first-order valence-corrected chi connectivity index (χ1v) is 12.6. The predicted molar refractivity (Wildman–Crippen MR) is 131 cm³/mol. The lowest BCUT2D eigenvalue weighted by atomic mass is 9.97. The highest BCUT2D eigenvalue weighted by Gasteiger charge is 2.32. The molecule has 6 nitrogen and oxygen atoms in total. The van der Waals surface area contributed by atoms with Gasteiger partial charge in [0.2, 0.25) is 5.91 Å². The Morgan fingerprint density at radius 1 is 0.879 bits per heavy atom. The first-order valence-electron chi connectivity index (χ1n) is 10.3. The van der Waals surface area contributed by atoms with E-state index in [1.807, 2.05) is 60.7 Å². The number of nitrogens with zero attached hydrogens (tertiary/aromatic N) is 3. The zero-order chi connectivity index (χ0) is 23.3. The van der Waals surface area contributed by atoms with Gasteiger partial charge in [-0.05, 0) is 23.3 Å². The van der Waals surface area contributed by atoms with Gasteiger partial charge in [-0.25, -0.2) is 17.7 Å². The number of carbonyl (C=O) groups is 1. The summed E-state index contributed by atoms with van der Waals surface area (Å²) in [5.41, 5.74) is 1.87. The van der Waals surface area contributed by atoms with Gasteiger partial charge < -0.3 is 4.90 Å². The lowest BCUT2D eigenvalue weighted by Gasteiger charge is -2.31. The summed E-state index contributed by atoms with van der Waals surface area (Å²) in [4.78, 5) is 19.4. The standard InChI is InChI=1S/C25H23N3O3S2/c1-27(24(20-11-5-2-6-12-20)21-13-7-3-8-14-21)23(29)19-28(25-26-17-18-32-25)33(30,31)22-15-9-4-10-16-22/h2-18,24H,19H2,1H3. The maximum atomic E-state index is 13.5. The summed E-state index contributed by atoms with van der Waals surface area (Å²) in [6, 6.07) is 27.1. The molecule has 168 valence electrons. The molecule has 0 saturated heterocycles. The SMILES string of the molecule is CN(C(=O)CN(c1nccs1)S(=O)(=O)c1ccccc1)C(c1ccccc1)c1ccccc1. The summed E-state index contributed by atoms with van der Waals surface area (Å²) in [5.74, 6) is -0.345. The normalized spacial score (nSPS) is 11.3. The topological polar surface area (TPSA) is 70.6 Å². The fourth-order valence-electron chi connectivity index (χ4n) is 3.60. The van der Waals surface area contributed by atoms with Crippen LogP contribution in [0, 0.1) is 0 Å². The van der Waals surface area contributed by atoms with Crippen molar-refractivity contribution in [2.24, 2.45) is 0 Å². The van der Waals surface area contributed by atoms with Crippen LogP contribution in [-0.2, 0) is 14.8 Å². The predicted octanol–water partition coefficient (Wildman–Crippen LogP) is 4.59. The Morgan fingerprint density at radius 2 is 1.39 bits per heavy atom. The van der Waals surface area contributed by atoms with Crippen molar-refractivity contribution in [1.82, 2.24) is 9.88 Å². The lowest BCUT2D eigenvalue weighted by molar-refractivity contribution is -0.129. The van der Waals surface area contributed by atoms with Crippen LogP contribution < -0.4 is 4.31 Å². The van der Waals surface area contributed by atoms with E-state index in [1.54, 1.807) is 35.5 Å². The molecule has 4 rings (SSSR count). The molecule has 0 aliphatic carbocycles. The van der Waals surface area contributed by atoms with E-state index in [1.165, 1.54) is 29.7 Å². The first kappa shape index (κ1) is 22.7. The van der Waals surface area contributed by atoms with Crippen molar-refractivity contribution in [3.8, 4) is 0 Å². The van der Waals surface area contributed by atoms with Crippen LogP contribution in [0.25, 0.3) is 0 Å². The molecule has 1 heterocycles. The van der Waals surface area contributed by atoms with Crippen molar-refractivity contribution in [2.75, 3.05) is 17.9 Å². The first-order chi connectivity index (χ1) is 16.0. The Hall–Kier alpha value is -3.49. The molecule has 0 bridgehead atoms. The van der Waals surface area contributed by atoms with Crippen LogP contribution in [0.2, 0.25) is 0 Å². The van der Waals surface area contributed by atoms with Gasteiger partial charge in [-0.1, -0.05) is 78.9 Å². The molecule has 4 aromatic rings. The summed E-state index contributed by atoms with van der Waals surface area (Å²) < 4.78 is 27.9. The molecule has 0 aliphatic heterocycles. The van der Waals surface area contributed by atoms with Crippen LogP contribution in [-0.4, -0.2) is 37.8 Å². The third-order valence-corrected chi connectivity index (χ3v) is 7.91. The van der Waals surface area contributed by atoms with E-state index in [4.69, 9.17) is 0 Å². The highest BCUT2D eigenvalue weighted by molar-refractivity contribution is 7.93. The Labute approximate surface area is 197 Å². The Morgan fingerprint density at radius 3 is 1.88 bits per heavy atom. The second-order valence-corrected chi connectivity index (χ2v) is 10.1. The summed E-state index contributed by atoms with van der Waals surface area (Å²) in [7, 11) is -2.28. The Kier molecular flexibility index (Phi) is 6.86. The zero-order valence-electron chi connectivity index (χ0n) is 18.0. The smallest absolute Gasteiger partial charge is 0.266 e. The van der Waals surface area contributed by atoms with Crippen LogP contribution in [0.1, 0.15) is 17.2 Å². The third-order valence-electron chi connectivity index (χ3n) is 5.25. The van der Waals surface area contributed by atoms with E-state index in [9.17, 15) is 13.2 Å². The number of rotatable bonds is 8. The van der Waals surface area contributed by atoms with Crippen molar-refractivity contribution in [2.45, 2.75) is 10.9 Å². The minimum Gasteiger partial charge on any atom is -0.333 e. The minimum atomic E-state index is -3.97. The average molecular weight is 478 g/mol. The van der Waals surface area contributed by atoms with E-state index in [-0.39, 0.29) is 28.5 Å². The Balaban J connectivity index is 1.69. The average Bonchev–Trinajstić information content (AvgIpc) is 3.39. The second kappa shape index (κ2) is 9.97. The summed E-state index contributed by atoms with van der Waals surface area (Å²) in [5, 5.41) is 1.94. The summed E-state index contributed by atoms with van der Waals surface area (Å²) in [6.07, 6.45) is 1.53. The fourth-order valence-corrected chi connectivity index (χ4v) is 5.86. The molecular formula is C25H23N3O3S2. The van der Waals surface area contributed by atoms with Gasteiger partial charge in [-0.3, -0.25) is 4.79 Å². The molecule has 0 aliphatic rings. The molecule has 0 unspecified atom stereocenters. The van der Waals surface area contributed by atoms with Gasteiger partial charge in [0.05, 0.1) is 10.9 Å². The van der Waals surface area contributed by atoms with Gasteiger partial charge in [0.1, 0.15) is 6.54 Å². The molecular weight excluding hydrogens is 454 g/mol. The molecule has 0 atom stereocenters. The highest BCUT2D eigenvalue weighted by Crippen LogP contribution is 2.30. The van der Waals surface area contributed by atoms with Crippen molar-refractivity contribution < 1.29 is 13.2 Å². The van der Waals surface area contributed by atoms with Crippen LogP contribution in [0.15, 0.2) is 107 Å². The van der Waals surface area contributed by atoms with E-state index in [0.717, 1.165) is 15.4 Å². The molecule has 0 saturated carbocycles. The molecule has 0 N–H and O–H groups in total. The number of thiazole rings is 1. The van der Waals surface area contributed by atoms with E-state index < -0.39 is 10.0 Å². The van der Waals surface area contributed by atoms with Gasteiger partial charge in [0.25, 0.3) is 10.0 Å². The van der Waals surface area contributed by atoms with Crippen molar-refractivity contribution in [1.29, 1.82) is 0 Å². The number of likely N-dealkylation sites (N-methyl/N-ethyl adjacent to an activating group) is 1. The van der Waals surface area contributed by atoms with Gasteiger partial charge in [-0.15, -0.1) is 11.3 Å². The highest BCUT2D eigenvalue weighted by atomic mass is 32.2. The number of aromatic nitrogens is 1. The number of hydrogen-bond acceptors (Lipinski definition) is 5. The quantitative estimate of drug-likeness (QED) is 0.372. The number of amides is 1. The molecule has 33 heavy (non-hydrogen) atoms. The van der Waals surface area contributed by atoms with Crippen LogP contribution >= 0.6 is 11.3 Å². The lowest BCUT2D eigenvalue weighted by Crippen LogP contribution is -2.43. The van der Waals surface area contributed by atoms with Crippen LogP contribution in [0.5, 0.6) is 0 Å². The van der Waals surface area contributed by atoms with Gasteiger partial charge in [-0.2, -0.15) is 0 Å². The summed E-state index contributed by atoms with van der Waals surface area (Å²) >= 11 is 1.17. The van der Waals surface area contributed by atoms with Gasteiger partial charge >= 0.3 is 0 Å². The fraction of sp³-hybridized carbons (Fsp3) is 0.120. The molecule has 3 aromatic carbocycles. The zero-order valence-corrected chi connectivity index (χ0v) is 19.6. The Bertz CT molecular complexity index is 1240. The molecule has 0 spiro atoms. The molecule has 1 amide bonds. The monoisotopic (exact) mass is 477 g/mol. The van der Waals surface area contributed by atoms with Gasteiger partial charge in [0, 0.05) is 18.6 Å². The van der Waals surface area contributed by atoms with E-state index in [0.29, 0.717) is 0 Å². The molecule has 0 radical (unpaired) electrons. The van der Waals surface area contributed by atoms with Crippen molar-refractivity contribution in [3.63, 3.8) is 0 Å². The number of hydrogen-bond donors (Lipinski definition) is 0. The van der Waals surface area contributed by atoms with Crippen LogP contribution in [0.3, 0.4) is 0 Å². The van der Waals surface area contributed by atoms with Crippen LogP contribution in [0.4, 0.5) is 5.13 Å². The maximum Gasteiger partial charge on any atom is 0.266 e.